The SMILES string of the molecule is Cc1cc(C(N)c2ccc(C(C)C)cc2)c(F)cc1F. The second kappa shape index (κ2) is 5.71. The fourth-order valence-electron chi connectivity index (χ4n) is 2.19. The van der Waals surface area contributed by atoms with E-state index in [0.717, 1.165) is 11.6 Å². The quantitative estimate of drug-likeness (QED) is 0.880. The average Bonchev–Trinajstić information content (AvgIpc) is 2.42. The average molecular weight is 275 g/mol. The number of hydrogen-bond donors (Lipinski definition) is 1. The van der Waals surface area contributed by atoms with Crippen molar-refractivity contribution >= 4 is 0 Å². The van der Waals surface area contributed by atoms with Crippen molar-refractivity contribution in [1.82, 2.24) is 0 Å². The molecule has 0 heterocycles. The molecular formula is C17H19F2N. The van der Waals surface area contributed by atoms with Crippen LogP contribution in [0, 0.1) is 18.6 Å². The minimum absolute atomic E-state index is 0.321. The van der Waals surface area contributed by atoms with E-state index in [0.29, 0.717) is 17.0 Å². The molecule has 0 aromatic heterocycles. The Hall–Kier alpha value is -1.74. The van der Waals surface area contributed by atoms with Gasteiger partial charge in [-0.3, -0.25) is 0 Å². The van der Waals surface area contributed by atoms with E-state index in [-0.39, 0.29) is 0 Å². The second-order valence-electron chi connectivity index (χ2n) is 5.42. The molecule has 2 aromatic carbocycles. The molecule has 0 amide bonds. The second-order valence-corrected chi connectivity index (χ2v) is 5.42. The third kappa shape index (κ3) is 2.88. The van der Waals surface area contributed by atoms with Crippen LogP contribution in [0.2, 0.25) is 0 Å². The molecule has 3 heteroatoms. The number of nitrogens with two attached hydrogens (primary N) is 1. The third-order valence-corrected chi connectivity index (χ3v) is 3.58. The van der Waals surface area contributed by atoms with E-state index in [1.807, 2.05) is 24.3 Å². The molecule has 0 radical (unpaired) electrons. The van der Waals surface area contributed by atoms with Crippen LogP contribution in [-0.2, 0) is 0 Å². The van der Waals surface area contributed by atoms with Gasteiger partial charge in [0.15, 0.2) is 0 Å². The van der Waals surface area contributed by atoms with Gasteiger partial charge in [0.1, 0.15) is 11.6 Å². The molecule has 0 aliphatic rings. The van der Waals surface area contributed by atoms with E-state index in [2.05, 4.69) is 13.8 Å². The van der Waals surface area contributed by atoms with Gasteiger partial charge in [-0.05, 0) is 35.6 Å². The molecule has 0 saturated carbocycles. The predicted molar refractivity (Wildman–Crippen MR) is 77.7 cm³/mol. The summed E-state index contributed by atoms with van der Waals surface area (Å²) in [5, 5.41) is 0. The lowest BCUT2D eigenvalue weighted by Crippen LogP contribution is -2.14. The number of rotatable bonds is 3. The summed E-state index contributed by atoms with van der Waals surface area (Å²) in [5.74, 6) is -0.716. The molecule has 0 spiro atoms. The summed E-state index contributed by atoms with van der Waals surface area (Å²) < 4.78 is 27.1. The minimum atomic E-state index is -0.603. The molecular weight excluding hydrogens is 256 g/mol. The van der Waals surface area contributed by atoms with Crippen LogP contribution >= 0.6 is 0 Å². The van der Waals surface area contributed by atoms with Crippen molar-refractivity contribution in [2.75, 3.05) is 0 Å². The van der Waals surface area contributed by atoms with Crippen molar-refractivity contribution in [3.05, 3.63) is 70.3 Å². The van der Waals surface area contributed by atoms with Gasteiger partial charge >= 0.3 is 0 Å². The molecule has 1 nitrogen and oxygen atoms in total. The van der Waals surface area contributed by atoms with Crippen molar-refractivity contribution < 1.29 is 8.78 Å². The molecule has 106 valence electrons. The van der Waals surface area contributed by atoms with Gasteiger partial charge in [-0.1, -0.05) is 38.1 Å². The summed E-state index contributed by atoms with van der Waals surface area (Å²) >= 11 is 0. The van der Waals surface area contributed by atoms with Crippen molar-refractivity contribution in [2.45, 2.75) is 32.7 Å². The van der Waals surface area contributed by atoms with Crippen molar-refractivity contribution in [3.63, 3.8) is 0 Å². The summed E-state index contributed by atoms with van der Waals surface area (Å²) in [7, 11) is 0. The Balaban J connectivity index is 2.36. The summed E-state index contributed by atoms with van der Waals surface area (Å²) in [4.78, 5) is 0. The highest BCUT2D eigenvalue weighted by molar-refractivity contribution is 5.36. The standard InChI is InChI=1S/C17H19F2N/c1-10(2)12-4-6-13(7-5-12)17(20)14-8-11(3)15(18)9-16(14)19/h4-10,17H,20H2,1-3H3. The fourth-order valence-corrected chi connectivity index (χ4v) is 2.19. The summed E-state index contributed by atoms with van der Waals surface area (Å²) in [6.45, 7) is 5.82. The van der Waals surface area contributed by atoms with Crippen molar-refractivity contribution in [1.29, 1.82) is 0 Å². The molecule has 1 unspecified atom stereocenters. The lowest BCUT2D eigenvalue weighted by Gasteiger charge is -2.16. The maximum Gasteiger partial charge on any atom is 0.131 e. The van der Waals surface area contributed by atoms with E-state index < -0.39 is 17.7 Å². The van der Waals surface area contributed by atoms with Crippen LogP contribution in [0.15, 0.2) is 36.4 Å². The highest BCUT2D eigenvalue weighted by Crippen LogP contribution is 2.26. The van der Waals surface area contributed by atoms with Crippen LogP contribution in [0.1, 0.15) is 48.1 Å². The maximum atomic E-state index is 13.9. The zero-order valence-corrected chi connectivity index (χ0v) is 12.0. The zero-order chi connectivity index (χ0) is 14.9. The largest absolute Gasteiger partial charge is 0.320 e. The molecule has 2 N–H and O–H groups in total. The number of halogens is 2. The lowest BCUT2D eigenvalue weighted by molar-refractivity contribution is 0.561. The highest BCUT2D eigenvalue weighted by Gasteiger charge is 2.16. The molecule has 20 heavy (non-hydrogen) atoms. The first-order valence-corrected chi connectivity index (χ1v) is 6.71. The Labute approximate surface area is 118 Å². The minimum Gasteiger partial charge on any atom is -0.320 e. The van der Waals surface area contributed by atoms with Crippen LogP contribution in [0.5, 0.6) is 0 Å². The summed E-state index contributed by atoms with van der Waals surface area (Å²) in [6, 6.07) is 9.58. The van der Waals surface area contributed by atoms with Gasteiger partial charge in [-0.25, -0.2) is 8.78 Å². The Kier molecular flexibility index (Phi) is 4.19. The van der Waals surface area contributed by atoms with Crippen LogP contribution in [0.4, 0.5) is 8.78 Å². The van der Waals surface area contributed by atoms with Crippen molar-refractivity contribution in [3.8, 4) is 0 Å². The highest BCUT2D eigenvalue weighted by atomic mass is 19.1. The number of benzene rings is 2. The monoisotopic (exact) mass is 275 g/mol. The van der Waals surface area contributed by atoms with E-state index in [1.54, 1.807) is 6.92 Å². The van der Waals surface area contributed by atoms with Gasteiger partial charge in [-0.2, -0.15) is 0 Å². The molecule has 0 aliphatic carbocycles. The first-order valence-electron chi connectivity index (χ1n) is 6.71. The van der Waals surface area contributed by atoms with Crippen molar-refractivity contribution in [2.24, 2.45) is 5.73 Å². The fraction of sp³-hybridized carbons (Fsp3) is 0.294. The van der Waals surface area contributed by atoms with Gasteiger partial charge < -0.3 is 5.73 Å². The summed E-state index contributed by atoms with van der Waals surface area (Å²) in [5.41, 5.74) is 8.84. The molecule has 0 bridgehead atoms. The topological polar surface area (TPSA) is 26.0 Å². The van der Waals surface area contributed by atoms with Gasteiger partial charge in [0, 0.05) is 11.6 Å². The Morgan fingerprint density at radius 1 is 0.900 bits per heavy atom. The molecule has 1 atom stereocenters. The van der Waals surface area contributed by atoms with Crippen LogP contribution in [0.3, 0.4) is 0 Å². The molecule has 0 fully saturated rings. The lowest BCUT2D eigenvalue weighted by atomic mass is 9.94. The normalized spacial score (nSPS) is 12.8. The first-order chi connectivity index (χ1) is 9.40. The first kappa shape index (κ1) is 14.7. The van der Waals surface area contributed by atoms with Gasteiger partial charge in [0.2, 0.25) is 0 Å². The summed E-state index contributed by atoms with van der Waals surface area (Å²) in [6.07, 6.45) is 0. The molecule has 2 rings (SSSR count). The maximum absolute atomic E-state index is 13.9. The Morgan fingerprint density at radius 2 is 1.45 bits per heavy atom. The molecule has 0 aliphatic heterocycles. The van der Waals surface area contributed by atoms with E-state index in [1.165, 1.54) is 11.6 Å². The van der Waals surface area contributed by atoms with Crippen LogP contribution in [0.25, 0.3) is 0 Å². The van der Waals surface area contributed by atoms with E-state index in [4.69, 9.17) is 5.73 Å². The Morgan fingerprint density at radius 3 is 2.00 bits per heavy atom. The Bertz CT molecular complexity index is 603. The van der Waals surface area contributed by atoms with E-state index >= 15 is 0 Å². The van der Waals surface area contributed by atoms with Crippen LogP contribution < -0.4 is 5.73 Å². The number of hydrogen-bond acceptors (Lipinski definition) is 1. The smallest absolute Gasteiger partial charge is 0.131 e. The number of aryl methyl sites for hydroxylation is 1. The molecule has 2 aromatic rings. The van der Waals surface area contributed by atoms with E-state index in [9.17, 15) is 8.78 Å². The van der Waals surface area contributed by atoms with Gasteiger partial charge in [0.05, 0.1) is 6.04 Å². The van der Waals surface area contributed by atoms with Gasteiger partial charge in [0.25, 0.3) is 0 Å². The van der Waals surface area contributed by atoms with Gasteiger partial charge in [-0.15, -0.1) is 0 Å². The van der Waals surface area contributed by atoms with Crippen LogP contribution in [-0.4, -0.2) is 0 Å². The predicted octanol–water partition coefficient (Wildman–Crippen LogP) is 4.44. The zero-order valence-electron chi connectivity index (χ0n) is 12.0. The third-order valence-electron chi connectivity index (χ3n) is 3.58. The molecule has 0 saturated heterocycles.